The van der Waals surface area contributed by atoms with Gasteiger partial charge in [-0.2, -0.15) is 0 Å². The summed E-state index contributed by atoms with van der Waals surface area (Å²) in [5.74, 6) is 1.42. The van der Waals surface area contributed by atoms with Crippen LogP contribution in [-0.2, 0) is 78.3 Å². The lowest BCUT2D eigenvalue weighted by molar-refractivity contribution is -0.138. The summed E-state index contributed by atoms with van der Waals surface area (Å²) >= 11 is 0. The Hall–Kier alpha value is -5.91. The molecule has 8 bridgehead atoms. The van der Waals surface area contributed by atoms with Crippen LogP contribution in [0.4, 0.5) is 0 Å². The summed E-state index contributed by atoms with van der Waals surface area (Å²) in [4.78, 5) is 38.1. The summed E-state index contributed by atoms with van der Waals surface area (Å²) in [7, 11) is 0. The highest BCUT2D eigenvalue weighted by atomic mass is 16.5. The Kier molecular flexibility index (Phi) is 72.6. The van der Waals surface area contributed by atoms with Crippen molar-refractivity contribution in [3.63, 3.8) is 0 Å². The Balaban J connectivity index is 1.65. The second-order valence-corrected chi connectivity index (χ2v) is 39.9. The largest absolute Gasteiger partial charge is 0.493 e. The molecule has 1 N–H and O–H groups in total. The molecule has 2 aliphatic rings. The maximum Gasteiger partial charge on any atom is 0.330 e. The van der Waals surface area contributed by atoms with E-state index in [-0.39, 0.29) is 38.4 Å². The zero-order valence-corrected chi connectivity index (χ0v) is 86.1. The standard InChI is InChI=1S/C121H200O11/c1-8-15-19-23-27-31-35-39-43-47-51-55-59-63-67-71-84-129-118-107-91-103(79-75-83-122)92-108(118)100-110-94-105(81-77-89-127-116(124)13-6)96-112(120(110)131-86-73-69-65-61-57-53-49-45-41-37-33-29-25-21-17-10-3)102-114-98-106(82-78-90-128-117(125)14-7)97-113(121(114)132-87-74-70-66-62-58-54-50-46-42-38-34-30-26-22-18-11-4)101-111-95-104(80-76-88-126-115(123)12-5)93-109(99-107)119(111)130-85-72-68-64-60-56-52-48-44-40-36-32-28-24-20-16-9-2/h12-14,91-98,109,119,122H,5-11,15-90,99-102H2,1-4H3. The Bertz CT molecular complexity index is 3450. The van der Waals surface area contributed by atoms with Crippen LogP contribution in [0.15, 0.2) is 97.7 Å². The monoisotopic (exact) mass is 1830 g/mol. The summed E-state index contributed by atoms with van der Waals surface area (Å²) in [6.45, 7) is 23.7. The van der Waals surface area contributed by atoms with Crippen LogP contribution in [-0.4, -0.2) is 82.0 Å². The predicted octanol–water partition coefficient (Wildman–Crippen LogP) is 34.8. The fraction of sp³-hybridized carbons (Fsp3) is 0.744. The summed E-state index contributed by atoms with van der Waals surface area (Å²) in [5, 5.41) is 10.7. The first-order chi connectivity index (χ1) is 65.1. The first kappa shape index (κ1) is 117. The molecule has 5 rings (SSSR count). The van der Waals surface area contributed by atoms with Crippen molar-refractivity contribution in [1.82, 2.24) is 0 Å². The van der Waals surface area contributed by atoms with Crippen LogP contribution in [0.25, 0.3) is 0 Å². The lowest BCUT2D eigenvalue weighted by Gasteiger charge is -2.34. The number of unbranched alkanes of at least 4 members (excludes halogenated alkanes) is 60. The molecular formula is C121H200O11. The predicted molar refractivity (Wildman–Crippen MR) is 561 cm³/mol. The Morgan fingerprint density at radius 3 is 0.795 bits per heavy atom. The van der Waals surface area contributed by atoms with E-state index < -0.39 is 17.9 Å². The maximum atomic E-state index is 12.7. The number of carbonyl (C=O) groups excluding carboxylic acids is 3. The zero-order valence-electron chi connectivity index (χ0n) is 86.1. The summed E-state index contributed by atoms with van der Waals surface area (Å²) < 4.78 is 47.5. The van der Waals surface area contributed by atoms with Crippen molar-refractivity contribution in [2.45, 2.75) is 522 Å². The smallest absolute Gasteiger partial charge is 0.330 e. The number of benzene rings is 3. The molecule has 2 unspecified atom stereocenters. The highest BCUT2D eigenvalue weighted by Gasteiger charge is 2.33. The normalized spacial score (nSPS) is 13.7. The molecule has 132 heavy (non-hydrogen) atoms. The molecule has 3 aromatic carbocycles. The second-order valence-electron chi connectivity index (χ2n) is 39.9. The third kappa shape index (κ3) is 57.3. The molecule has 2 aliphatic carbocycles. The second kappa shape index (κ2) is 82.2. The van der Waals surface area contributed by atoms with Gasteiger partial charge in [-0.3, -0.25) is 0 Å². The van der Waals surface area contributed by atoms with Crippen molar-refractivity contribution < 1.29 is 52.6 Å². The van der Waals surface area contributed by atoms with Crippen LogP contribution in [0.1, 0.15) is 521 Å². The van der Waals surface area contributed by atoms with Gasteiger partial charge < -0.3 is 38.3 Å². The Labute approximate surface area is 811 Å². The average molecular weight is 1830 g/mol. The van der Waals surface area contributed by atoms with Gasteiger partial charge in [0.1, 0.15) is 17.2 Å². The molecule has 0 aliphatic heterocycles. The van der Waals surface area contributed by atoms with Gasteiger partial charge in [0.15, 0.2) is 0 Å². The van der Waals surface area contributed by atoms with Gasteiger partial charge in [-0.25, -0.2) is 14.4 Å². The minimum atomic E-state index is -0.419. The van der Waals surface area contributed by atoms with Crippen LogP contribution in [0.5, 0.6) is 17.2 Å². The number of aliphatic hydroxyl groups excluding tert-OH is 1. The molecule has 0 fully saturated rings. The maximum absolute atomic E-state index is 12.7. The van der Waals surface area contributed by atoms with Gasteiger partial charge in [0, 0.05) is 50.2 Å². The van der Waals surface area contributed by atoms with Crippen molar-refractivity contribution in [2.24, 2.45) is 5.92 Å². The summed E-state index contributed by atoms with van der Waals surface area (Å²) in [6.07, 6.45) is 99.2. The third-order valence-corrected chi connectivity index (χ3v) is 27.8. The molecule has 0 saturated heterocycles. The average Bonchev–Trinajstić information content (AvgIpc) is 0.772. The van der Waals surface area contributed by atoms with E-state index in [9.17, 15) is 19.5 Å². The van der Waals surface area contributed by atoms with Gasteiger partial charge in [-0.1, -0.05) is 487 Å². The molecular weight excluding hydrogens is 1630 g/mol. The SMILES string of the molecule is C=CC(=O)OCCCC1=CC2Cc3cc(CCCO)cc(c3OCCCCCCCCCCCCCCCCCC)Cc3cc(CCCOC(=O)C=C)cc(c3OCCCCCCCCCCCCCCCCCC)Cc3cc(CCCOC(=O)C=C)cc(c3OCCCCCCCCCCCCCCCCCC)CC(=C1)C2OCCCCCCCCCCCCCCCCCC. The van der Waals surface area contributed by atoms with Gasteiger partial charge in [-0.05, 0) is 146 Å². The van der Waals surface area contributed by atoms with Crippen molar-refractivity contribution in [2.75, 3.05) is 52.9 Å². The summed E-state index contributed by atoms with van der Waals surface area (Å²) in [6, 6.07) is 14.3. The molecule has 750 valence electrons. The van der Waals surface area contributed by atoms with Crippen LogP contribution in [0, 0.1) is 5.92 Å². The molecule has 3 aromatic rings. The zero-order chi connectivity index (χ0) is 94.1. The molecule has 0 radical (unpaired) electrons. The van der Waals surface area contributed by atoms with Crippen LogP contribution in [0.3, 0.4) is 0 Å². The van der Waals surface area contributed by atoms with Crippen LogP contribution in [0.2, 0.25) is 0 Å². The topological polar surface area (TPSA) is 136 Å². The number of ether oxygens (including phenoxy) is 7. The number of rotatable bonds is 90. The van der Waals surface area contributed by atoms with E-state index in [1.807, 2.05) is 0 Å². The number of esters is 3. The first-order valence-electron chi connectivity index (χ1n) is 56.4. The minimum Gasteiger partial charge on any atom is -0.493 e. The number of aliphatic hydroxyl groups is 1. The number of aryl methyl sites for hydroxylation is 3. The Morgan fingerprint density at radius 2 is 0.523 bits per heavy atom. The van der Waals surface area contributed by atoms with Gasteiger partial charge in [0.05, 0.1) is 45.7 Å². The van der Waals surface area contributed by atoms with Gasteiger partial charge in [0.25, 0.3) is 0 Å². The summed E-state index contributed by atoms with van der Waals surface area (Å²) in [5.41, 5.74) is 12.6. The molecule has 11 heteroatoms. The van der Waals surface area contributed by atoms with E-state index >= 15 is 0 Å². The van der Waals surface area contributed by atoms with E-state index in [1.54, 1.807) is 0 Å². The van der Waals surface area contributed by atoms with Gasteiger partial charge in [-0.15, -0.1) is 0 Å². The highest BCUT2D eigenvalue weighted by molar-refractivity contribution is 5.82. The van der Waals surface area contributed by atoms with Crippen molar-refractivity contribution >= 4 is 17.9 Å². The first-order valence-corrected chi connectivity index (χ1v) is 56.4. The lowest BCUT2D eigenvalue weighted by Crippen LogP contribution is -2.31. The van der Waals surface area contributed by atoms with Crippen LogP contribution >= 0.6 is 0 Å². The number of carbonyl (C=O) groups is 3. The van der Waals surface area contributed by atoms with Crippen LogP contribution < -0.4 is 14.2 Å². The van der Waals surface area contributed by atoms with Crippen molar-refractivity contribution in [3.8, 4) is 17.2 Å². The minimum absolute atomic E-state index is 0.0864. The number of hydrogen-bond acceptors (Lipinski definition) is 11. The molecule has 0 heterocycles. The number of hydrogen-bond donors (Lipinski definition) is 1. The highest BCUT2D eigenvalue weighted by Crippen LogP contribution is 2.43. The van der Waals surface area contributed by atoms with Gasteiger partial charge >= 0.3 is 17.9 Å². The van der Waals surface area contributed by atoms with E-state index in [1.165, 1.54) is 395 Å². The third-order valence-electron chi connectivity index (χ3n) is 27.8. The molecule has 0 spiro atoms. The van der Waals surface area contributed by atoms with E-state index in [2.05, 4.69) is 96.0 Å². The Morgan fingerprint density at radius 1 is 0.288 bits per heavy atom. The van der Waals surface area contributed by atoms with E-state index in [0.29, 0.717) is 103 Å². The number of fused-ring (bicyclic) bond motifs is 8. The van der Waals surface area contributed by atoms with Crippen molar-refractivity contribution in [1.29, 1.82) is 0 Å². The number of allylic oxidation sites excluding steroid dienone is 2. The van der Waals surface area contributed by atoms with Crippen molar-refractivity contribution in [3.05, 3.63) is 148 Å². The van der Waals surface area contributed by atoms with E-state index in [0.717, 1.165) is 113 Å². The molecule has 0 aromatic heterocycles. The fourth-order valence-electron chi connectivity index (χ4n) is 20.0. The fourth-order valence-corrected chi connectivity index (χ4v) is 20.0. The molecule has 0 saturated carbocycles. The quantitative estimate of drug-likeness (QED) is 0.0250. The van der Waals surface area contributed by atoms with Gasteiger partial charge in [0.2, 0.25) is 0 Å². The van der Waals surface area contributed by atoms with E-state index in [4.69, 9.17) is 33.2 Å². The molecule has 0 amide bonds. The lowest BCUT2D eigenvalue weighted by atomic mass is 9.79. The molecule has 11 nitrogen and oxygen atoms in total. The molecule has 2 atom stereocenters.